The molecule has 0 saturated carbocycles. The summed E-state index contributed by atoms with van der Waals surface area (Å²) in [6.07, 6.45) is 1.09. The first kappa shape index (κ1) is 6.53. The minimum absolute atomic E-state index is 0.646. The molecule has 0 aromatic rings. The van der Waals surface area contributed by atoms with E-state index in [0.717, 1.165) is 18.2 Å². The molecule has 0 aliphatic heterocycles. The van der Waals surface area contributed by atoms with Crippen molar-refractivity contribution in [3.8, 4) is 0 Å². The second-order valence-electron chi connectivity index (χ2n) is 1.15. The van der Waals surface area contributed by atoms with Gasteiger partial charge in [0.15, 0.2) is 9.76 Å². The maximum Gasteiger partial charge on any atom is 0.156 e. The molecular formula is C3H10OSSi. The smallest absolute Gasteiger partial charge is 0.156 e. The van der Waals surface area contributed by atoms with E-state index in [1.54, 1.807) is 0 Å². The van der Waals surface area contributed by atoms with Gasteiger partial charge in [-0.25, -0.2) is 0 Å². The lowest BCUT2D eigenvalue weighted by Gasteiger charge is -1.84. The van der Waals surface area contributed by atoms with E-state index >= 15 is 0 Å². The molecule has 0 aliphatic carbocycles. The molecule has 0 aromatic heterocycles. The second-order valence-corrected chi connectivity index (χ2v) is 2.76. The number of hydrogen-bond acceptors (Lipinski definition) is 2. The normalized spacial score (nSPS) is 11.0. The Hall–Kier alpha value is 0.527. The molecule has 0 fully saturated rings. The molecule has 6 heavy (non-hydrogen) atoms. The molecule has 0 heterocycles. The maximum absolute atomic E-state index is 8.30. The lowest BCUT2D eigenvalue weighted by atomic mass is 10.6. The quantitative estimate of drug-likeness (QED) is 0.302. The topological polar surface area (TPSA) is 20.2 Å². The average Bonchev–Trinajstić information content (AvgIpc) is 1.61. The van der Waals surface area contributed by atoms with Crippen LogP contribution >= 0.6 is 12.6 Å². The summed E-state index contributed by atoms with van der Waals surface area (Å²) < 4.78 is 0. The van der Waals surface area contributed by atoms with Crippen molar-refractivity contribution < 1.29 is 4.80 Å². The summed E-state index contributed by atoms with van der Waals surface area (Å²) in [6.45, 7) is 0. The number of thiol groups is 1. The highest BCUT2D eigenvalue weighted by Crippen LogP contribution is 1.87. The van der Waals surface area contributed by atoms with Gasteiger partial charge in [-0.05, 0) is 18.2 Å². The molecular weight excluding hydrogens is 112 g/mol. The third kappa shape index (κ3) is 4.53. The van der Waals surface area contributed by atoms with Gasteiger partial charge in [0.1, 0.15) is 0 Å². The van der Waals surface area contributed by atoms with Crippen LogP contribution in [0, 0.1) is 0 Å². The summed E-state index contributed by atoms with van der Waals surface area (Å²) >= 11 is 3.97. The van der Waals surface area contributed by atoms with Gasteiger partial charge in [-0.3, -0.25) is 0 Å². The third-order valence-corrected chi connectivity index (χ3v) is 1.70. The van der Waals surface area contributed by atoms with Crippen LogP contribution in [0.4, 0.5) is 0 Å². The third-order valence-electron chi connectivity index (χ3n) is 0.566. The summed E-state index contributed by atoms with van der Waals surface area (Å²) in [7, 11) is -0.646. The van der Waals surface area contributed by atoms with E-state index in [2.05, 4.69) is 12.6 Å². The van der Waals surface area contributed by atoms with Gasteiger partial charge < -0.3 is 4.80 Å². The summed E-state index contributed by atoms with van der Waals surface area (Å²) in [5, 5.41) is 0. The van der Waals surface area contributed by atoms with Crippen molar-refractivity contribution in [1.29, 1.82) is 0 Å². The first-order valence-electron chi connectivity index (χ1n) is 2.13. The second kappa shape index (κ2) is 5.53. The van der Waals surface area contributed by atoms with E-state index in [0.29, 0.717) is 0 Å². The van der Waals surface area contributed by atoms with E-state index in [9.17, 15) is 0 Å². The molecule has 0 radical (unpaired) electrons. The van der Waals surface area contributed by atoms with Crippen LogP contribution in [0.3, 0.4) is 0 Å². The van der Waals surface area contributed by atoms with E-state index in [-0.39, 0.29) is 0 Å². The van der Waals surface area contributed by atoms with Crippen LogP contribution in [-0.2, 0) is 0 Å². The minimum Gasteiger partial charge on any atom is -0.438 e. The summed E-state index contributed by atoms with van der Waals surface area (Å²) in [5.41, 5.74) is 0. The Morgan fingerprint density at radius 2 is 2.33 bits per heavy atom. The van der Waals surface area contributed by atoms with Gasteiger partial charge >= 0.3 is 0 Å². The zero-order valence-corrected chi connectivity index (χ0v) is 6.03. The van der Waals surface area contributed by atoms with Gasteiger partial charge in [0.25, 0.3) is 0 Å². The Bertz CT molecular complexity index is 22.8. The van der Waals surface area contributed by atoms with Crippen LogP contribution in [0.15, 0.2) is 0 Å². The predicted molar refractivity (Wildman–Crippen MR) is 34.0 cm³/mol. The molecule has 0 atom stereocenters. The molecule has 1 nitrogen and oxygen atoms in total. The SMILES string of the molecule is O[SiH2]CCCS. The zero-order chi connectivity index (χ0) is 4.83. The van der Waals surface area contributed by atoms with Crippen LogP contribution < -0.4 is 0 Å². The van der Waals surface area contributed by atoms with Crippen molar-refractivity contribution in [2.24, 2.45) is 0 Å². The minimum atomic E-state index is -0.646. The van der Waals surface area contributed by atoms with Crippen LogP contribution in [0.25, 0.3) is 0 Å². The molecule has 38 valence electrons. The highest BCUT2D eigenvalue weighted by molar-refractivity contribution is 7.80. The lowest BCUT2D eigenvalue weighted by molar-refractivity contribution is 0.598. The van der Waals surface area contributed by atoms with Crippen LogP contribution in [0.5, 0.6) is 0 Å². The lowest BCUT2D eigenvalue weighted by Crippen LogP contribution is -1.84. The molecule has 1 N–H and O–H groups in total. The van der Waals surface area contributed by atoms with Gasteiger partial charge in [0.2, 0.25) is 0 Å². The zero-order valence-electron chi connectivity index (χ0n) is 3.72. The predicted octanol–water partition coefficient (Wildman–Crippen LogP) is -0.199. The van der Waals surface area contributed by atoms with Gasteiger partial charge in [-0.1, -0.05) is 0 Å². The fraction of sp³-hybridized carbons (Fsp3) is 1.00. The summed E-state index contributed by atoms with van der Waals surface area (Å²) in [4.78, 5) is 8.30. The highest BCUT2D eigenvalue weighted by Gasteiger charge is 1.78. The highest BCUT2D eigenvalue weighted by atomic mass is 32.1. The Morgan fingerprint density at radius 1 is 1.67 bits per heavy atom. The van der Waals surface area contributed by atoms with Gasteiger partial charge in [-0.2, -0.15) is 12.6 Å². The molecule has 0 unspecified atom stereocenters. The standard InChI is InChI=1S/C3H10OSSi/c4-6-3-1-2-5/h4-5H,1-3,6H2. The fourth-order valence-corrected chi connectivity index (χ4v) is 1.34. The number of hydrogen-bond donors (Lipinski definition) is 2. The molecule has 0 saturated heterocycles. The molecule has 0 amide bonds. The largest absolute Gasteiger partial charge is 0.438 e. The van der Waals surface area contributed by atoms with Gasteiger partial charge in [-0.15, -0.1) is 0 Å². The van der Waals surface area contributed by atoms with Crippen molar-refractivity contribution in [2.75, 3.05) is 5.75 Å². The average molecular weight is 122 g/mol. The Labute approximate surface area is 46.1 Å². The molecule has 0 spiro atoms. The first-order chi connectivity index (χ1) is 2.91. The van der Waals surface area contributed by atoms with Crippen molar-refractivity contribution in [3.05, 3.63) is 0 Å². The van der Waals surface area contributed by atoms with Crippen molar-refractivity contribution in [2.45, 2.75) is 12.5 Å². The first-order valence-corrected chi connectivity index (χ1v) is 4.40. The Kier molecular flexibility index (Phi) is 6.01. The molecule has 0 aliphatic rings. The van der Waals surface area contributed by atoms with E-state index < -0.39 is 9.76 Å². The van der Waals surface area contributed by atoms with Crippen LogP contribution in [0.1, 0.15) is 6.42 Å². The van der Waals surface area contributed by atoms with Crippen molar-refractivity contribution in [3.63, 3.8) is 0 Å². The maximum atomic E-state index is 8.30. The number of rotatable bonds is 3. The van der Waals surface area contributed by atoms with E-state index in [1.807, 2.05) is 0 Å². The van der Waals surface area contributed by atoms with Gasteiger partial charge in [0.05, 0.1) is 0 Å². The summed E-state index contributed by atoms with van der Waals surface area (Å²) in [6, 6.07) is 1.03. The van der Waals surface area contributed by atoms with Crippen LogP contribution in [-0.4, -0.2) is 20.3 Å². The Morgan fingerprint density at radius 3 is 2.50 bits per heavy atom. The van der Waals surface area contributed by atoms with Crippen molar-refractivity contribution >= 4 is 22.4 Å². The van der Waals surface area contributed by atoms with Crippen LogP contribution in [0.2, 0.25) is 6.04 Å². The Balaban J connectivity index is 2.34. The van der Waals surface area contributed by atoms with E-state index in [4.69, 9.17) is 4.80 Å². The molecule has 0 bridgehead atoms. The molecule has 0 rings (SSSR count). The van der Waals surface area contributed by atoms with Crippen molar-refractivity contribution in [1.82, 2.24) is 0 Å². The summed E-state index contributed by atoms with van der Waals surface area (Å²) in [5.74, 6) is 0.924. The monoisotopic (exact) mass is 122 g/mol. The molecule has 3 heteroatoms. The fourth-order valence-electron chi connectivity index (χ4n) is 0.224. The van der Waals surface area contributed by atoms with Gasteiger partial charge in [0, 0.05) is 0 Å². The van der Waals surface area contributed by atoms with E-state index in [1.165, 1.54) is 0 Å². The molecule has 0 aromatic carbocycles.